The molecule has 2 rings (SSSR count). The molecule has 1 heterocycles. The summed E-state index contributed by atoms with van der Waals surface area (Å²) in [4.78, 5) is 7.77. The molecule has 0 saturated heterocycles. The predicted octanol–water partition coefficient (Wildman–Crippen LogP) is 3.32. The van der Waals surface area contributed by atoms with Crippen molar-refractivity contribution >= 4 is 28.6 Å². The molecule has 0 aliphatic rings. The average Bonchev–Trinajstić information content (AvgIpc) is 2.69. The van der Waals surface area contributed by atoms with Gasteiger partial charge in [-0.2, -0.15) is 0 Å². The maximum absolute atomic E-state index is 6.17. The number of benzene rings is 1. The maximum Gasteiger partial charge on any atom is 0.0798 e. The monoisotopic (exact) mass is 281 g/mol. The van der Waals surface area contributed by atoms with E-state index in [0.717, 1.165) is 29.4 Å². The lowest BCUT2D eigenvalue weighted by Gasteiger charge is -2.17. The van der Waals surface area contributed by atoms with Crippen LogP contribution in [0.4, 0.5) is 5.69 Å². The van der Waals surface area contributed by atoms with Crippen LogP contribution in [0, 0.1) is 6.92 Å². The second-order valence-electron chi connectivity index (χ2n) is 4.38. The van der Waals surface area contributed by atoms with Crippen LogP contribution in [0.5, 0.6) is 0 Å². The SMILES string of the molecule is Cc1ncsc1CN(C)Cc1ccc(N)cc1Cl. The van der Waals surface area contributed by atoms with Gasteiger partial charge in [-0.25, -0.2) is 4.98 Å². The quantitative estimate of drug-likeness (QED) is 0.874. The molecule has 0 atom stereocenters. The summed E-state index contributed by atoms with van der Waals surface area (Å²) in [5, 5.41) is 0.725. The third kappa shape index (κ3) is 3.22. The Morgan fingerprint density at radius 1 is 1.39 bits per heavy atom. The van der Waals surface area contributed by atoms with E-state index in [4.69, 9.17) is 17.3 Å². The van der Waals surface area contributed by atoms with Gasteiger partial charge in [0.1, 0.15) is 0 Å². The second kappa shape index (κ2) is 5.69. The van der Waals surface area contributed by atoms with Gasteiger partial charge in [-0.1, -0.05) is 17.7 Å². The van der Waals surface area contributed by atoms with Gasteiger partial charge in [0.15, 0.2) is 0 Å². The summed E-state index contributed by atoms with van der Waals surface area (Å²) < 4.78 is 0. The molecule has 3 nitrogen and oxygen atoms in total. The number of nitrogen functional groups attached to an aromatic ring is 1. The Bertz CT molecular complexity index is 539. The van der Waals surface area contributed by atoms with Crippen LogP contribution in [0.1, 0.15) is 16.1 Å². The van der Waals surface area contributed by atoms with E-state index in [-0.39, 0.29) is 0 Å². The molecule has 5 heteroatoms. The van der Waals surface area contributed by atoms with Crippen molar-refractivity contribution in [3.8, 4) is 0 Å². The average molecular weight is 282 g/mol. The molecule has 96 valence electrons. The summed E-state index contributed by atoms with van der Waals surface area (Å²) in [5.74, 6) is 0. The molecule has 0 amide bonds. The van der Waals surface area contributed by atoms with E-state index in [0.29, 0.717) is 5.69 Å². The molecule has 0 aliphatic carbocycles. The molecule has 0 saturated carbocycles. The number of aromatic nitrogens is 1. The molecule has 0 fully saturated rings. The highest BCUT2D eigenvalue weighted by Gasteiger charge is 2.08. The summed E-state index contributed by atoms with van der Waals surface area (Å²) >= 11 is 7.86. The first-order valence-corrected chi connectivity index (χ1v) is 6.93. The molecule has 0 spiro atoms. The smallest absolute Gasteiger partial charge is 0.0798 e. The number of halogens is 1. The first kappa shape index (κ1) is 13.3. The van der Waals surface area contributed by atoms with Crippen molar-refractivity contribution in [2.45, 2.75) is 20.0 Å². The standard InChI is InChI=1S/C13H16ClN3S/c1-9-13(18-8-16-9)7-17(2)6-10-3-4-11(15)5-12(10)14/h3-5,8H,6-7,15H2,1-2H3. The number of nitrogens with zero attached hydrogens (tertiary/aromatic N) is 2. The molecular weight excluding hydrogens is 266 g/mol. The van der Waals surface area contributed by atoms with Gasteiger partial charge in [0.25, 0.3) is 0 Å². The highest BCUT2D eigenvalue weighted by molar-refractivity contribution is 7.09. The number of hydrogen-bond acceptors (Lipinski definition) is 4. The van der Waals surface area contributed by atoms with E-state index in [1.807, 2.05) is 24.6 Å². The van der Waals surface area contributed by atoms with Crippen molar-refractivity contribution in [2.24, 2.45) is 0 Å². The number of anilines is 1. The van der Waals surface area contributed by atoms with Gasteiger partial charge in [0.2, 0.25) is 0 Å². The highest BCUT2D eigenvalue weighted by Crippen LogP contribution is 2.22. The number of rotatable bonds is 4. The van der Waals surface area contributed by atoms with E-state index in [9.17, 15) is 0 Å². The molecule has 18 heavy (non-hydrogen) atoms. The summed E-state index contributed by atoms with van der Waals surface area (Å²) in [7, 11) is 2.08. The van der Waals surface area contributed by atoms with Crippen molar-refractivity contribution in [1.82, 2.24) is 9.88 Å². The highest BCUT2D eigenvalue weighted by atomic mass is 35.5. The summed E-state index contributed by atoms with van der Waals surface area (Å²) in [6.45, 7) is 3.73. The van der Waals surface area contributed by atoms with E-state index in [1.54, 1.807) is 17.4 Å². The van der Waals surface area contributed by atoms with Crippen molar-refractivity contribution in [3.63, 3.8) is 0 Å². The third-order valence-corrected chi connectivity index (χ3v) is 4.05. The lowest BCUT2D eigenvalue weighted by molar-refractivity contribution is 0.321. The van der Waals surface area contributed by atoms with Gasteiger partial charge in [-0.3, -0.25) is 4.90 Å². The van der Waals surface area contributed by atoms with Gasteiger partial charge in [-0.05, 0) is 31.7 Å². The fourth-order valence-electron chi connectivity index (χ4n) is 1.76. The van der Waals surface area contributed by atoms with Crippen molar-refractivity contribution < 1.29 is 0 Å². The Morgan fingerprint density at radius 2 is 2.17 bits per heavy atom. The van der Waals surface area contributed by atoms with Crippen LogP contribution in [0.2, 0.25) is 5.02 Å². The minimum Gasteiger partial charge on any atom is -0.399 e. The second-order valence-corrected chi connectivity index (χ2v) is 5.73. The Hall–Kier alpha value is -1.10. The molecule has 2 N–H and O–H groups in total. The summed E-state index contributed by atoms with van der Waals surface area (Å²) in [6, 6.07) is 5.66. The lowest BCUT2D eigenvalue weighted by atomic mass is 10.2. The molecule has 0 radical (unpaired) electrons. The third-order valence-electron chi connectivity index (χ3n) is 2.78. The van der Waals surface area contributed by atoms with Crippen molar-refractivity contribution in [3.05, 3.63) is 44.9 Å². The zero-order chi connectivity index (χ0) is 13.1. The predicted molar refractivity (Wildman–Crippen MR) is 77.9 cm³/mol. The zero-order valence-electron chi connectivity index (χ0n) is 10.5. The molecule has 1 aromatic heterocycles. The van der Waals surface area contributed by atoms with Crippen LogP contribution in [0.15, 0.2) is 23.7 Å². The fraction of sp³-hybridized carbons (Fsp3) is 0.308. The summed E-state index contributed by atoms with van der Waals surface area (Å²) in [6.07, 6.45) is 0. The topological polar surface area (TPSA) is 42.2 Å². The van der Waals surface area contributed by atoms with Crippen LogP contribution in [-0.2, 0) is 13.1 Å². The maximum atomic E-state index is 6.17. The van der Waals surface area contributed by atoms with Crippen LogP contribution >= 0.6 is 22.9 Å². The van der Waals surface area contributed by atoms with Crippen LogP contribution in [0.25, 0.3) is 0 Å². The Morgan fingerprint density at radius 3 is 2.78 bits per heavy atom. The molecule has 0 bridgehead atoms. The van der Waals surface area contributed by atoms with Gasteiger partial charge >= 0.3 is 0 Å². The number of aryl methyl sites for hydroxylation is 1. The number of hydrogen-bond donors (Lipinski definition) is 1. The first-order chi connectivity index (χ1) is 8.56. The van der Waals surface area contributed by atoms with Crippen LogP contribution < -0.4 is 5.73 Å². The lowest BCUT2D eigenvalue weighted by Crippen LogP contribution is -2.17. The Balaban J connectivity index is 2.03. The first-order valence-electron chi connectivity index (χ1n) is 5.67. The van der Waals surface area contributed by atoms with Gasteiger partial charge in [-0.15, -0.1) is 11.3 Å². The molecule has 0 aliphatic heterocycles. The van der Waals surface area contributed by atoms with Crippen molar-refractivity contribution in [2.75, 3.05) is 12.8 Å². The molecule has 1 aromatic carbocycles. The Kier molecular flexibility index (Phi) is 4.22. The molecular formula is C13H16ClN3S. The van der Waals surface area contributed by atoms with Crippen LogP contribution in [-0.4, -0.2) is 16.9 Å². The molecule has 2 aromatic rings. The van der Waals surface area contributed by atoms with E-state index in [1.165, 1.54) is 4.88 Å². The Labute approximate surface area is 116 Å². The zero-order valence-corrected chi connectivity index (χ0v) is 12.1. The van der Waals surface area contributed by atoms with Crippen molar-refractivity contribution in [1.29, 1.82) is 0 Å². The van der Waals surface area contributed by atoms with Gasteiger partial charge in [0, 0.05) is 28.7 Å². The minimum absolute atomic E-state index is 0.699. The van der Waals surface area contributed by atoms with E-state index in [2.05, 4.69) is 16.9 Å². The van der Waals surface area contributed by atoms with Gasteiger partial charge < -0.3 is 5.73 Å². The van der Waals surface area contributed by atoms with Crippen LogP contribution in [0.3, 0.4) is 0 Å². The minimum atomic E-state index is 0.699. The number of nitrogens with two attached hydrogens (primary N) is 1. The fourth-order valence-corrected chi connectivity index (χ4v) is 2.87. The number of thiazole rings is 1. The summed E-state index contributed by atoms with van der Waals surface area (Å²) in [5.41, 5.74) is 10.5. The molecule has 0 unspecified atom stereocenters. The normalized spacial score (nSPS) is 11.1. The van der Waals surface area contributed by atoms with E-state index >= 15 is 0 Å². The van der Waals surface area contributed by atoms with Gasteiger partial charge in [0.05, 0.1) is 11.2 Å². The largest absolute Gasteiger partial charge is 0.399 e. The van der Waals surface area contributed by atoms with E-state index < -0.39 is 0 Å².